The summed E-state index contributed by atoms with van der Waals surface area (Å²) in [4.78, 5) is 12.4. The summed E-state index contributed by atoms with van der Waals surface area (Å²) in [7, 11) is 0. The van der Waals surface area contributed by atoms with Gasteiger partial charge in [-0.1, -0.05) is 41.4 Å². The molecule has 0 bridgehead atoms. The molecule has 0 atom stereocenters. The third-order valence-electron chi connectivity index (χ3n) is 2.92. The van der Waals surface area contributed by atoms with Gasteiger partial charge in [-0.2, -0.15) is 0 Å². The van der Waals surface area contributed by atoms with Crippen LogP contribution in [0.1, 0.15) is 24.2 Å². The number of rotatable bonds is 4. The Balaban J connectivity index is 2.11. The van der Waals surface area contributed by atoms with Gasteiger partial charge in [-0.05, 0) is 50.3 Å². The summed E-state index contributed by atoms with van der Waals surface area (Å²) in [5, 5.41) is 6.33. The van der Waals surface area contributed by atoms with Gasteiger partial charge in [0.05, 0.1) is 27.4 Å². The number of hydrogen-bond donors (Lipinski definition) is 2. The van der Waals surface area contributed by atoms with Gasteiger partial charge in [-0.15, -0.1) is 0 Å². The highest BCUT2D eigenvalue weighted by atomic mass is 35.5. The van der Waals surface area contributed by atoms with E-state index >= 15 is 0 Å². The highest BCUT2D eigenvalue weighted by Gasteiger charge is 2.15. The van der Waals surface area contributed by atoms with Crippen molar-refractivity contribution in [1.82, 2.24) is 5.32 Å². The van der Waals surface area contributed by atoms with Crippen LogP contribution < -0.4 is 15.4 Å². The maximum absolute atomic E-state index is 12.4. The topological polar surface area (TPSA) is 50.4 Å². The number of carbonyl (C=O) groups excluding carboxylic acids is 1. The maximum atomic E-state index is 12.4. The molecule has 7 heteroatoms. The molecule has 0 aliphatic rings. The average Bonchev–Trinajstić information content (AvgIpc) is 2.51. The number of nitrogens with one attached hydrogen (secondary N) is 2. The third-order valence-corrected chi connectivity index (χ3v) is 3.76. The molecule has 0 heterocycles. The fraction of sp³-hybridized carbons (Fsp3) is 0.176. The van der Waals surface area contributed by atoms with Crippen molar-refractivity contribution in [2.75, 3.05) is 5.32 Å². The summed E-state index contributed by atoms with van der Waals surface area (Å²) in [5.41, 5.74) is 0.832. The first kappa shape index (κ1) is 18.5. The van der Waals surface area contributed by atoms with E-state index in [0.29, 0.717) is 27.0 Å². The lowest BCUT2D eigenvalue weighted by atomic mass is 10.2. The lowest BCUT2D eigenvalue weighted by molar-refractivity contribution is 0.0972. The molecule has 0 aliphatic carbocycles. The molecule has 0 radical (unpaired) electrons. The number of carbonyl (C=O) groups is 1. The van der Waals surface area contributed by atoms with Gasteiger partial charge in [-0.25, -0.2) is 0 Å². The van der Waals surface area contributed by atoms with E-state index in [2.05, 4.69) is 10.6 Å². The number of anilines is 1. The fourth-order valence-electron chi connectivity index (χ4n) is 1.94. The first-order valence-corrected chi connectivity index (χ1v) is 8.37. The van der Waals surface area contributed by atoms with Crippen molar-refractivity contribution in [2.45, 2.75) is 20.0 Å². The van der Waals surface area contributed by atoms with Gasteiger partial charge in [0.2, 0.25) is 0 Å². The van der Waals surface area contributed by atoms with Gasteiger partial charge < -0.3 is 10.1 Å². The van der Waals surface area contributed by atoms with Crippen molar-refractivity contribution in [3.05, 3.63) is 58.1 Å². The van der Waals surface area contributed by atoms with Crippen molar-refractivity contribution in [3.63, 3.8) is 0 Å². The smallest absolute Gasteiger partial charge is 0.261 e. The van der Waals surface area contributed by atoms with Crippen molar-refractivity contribution in [1.29, 1.82) is 0 Å². The molecular formula is C17H16Cl2N2O2S. The van der Waals surface area contributed by atoms with E-state index in [1.807, 2.05) is 13.8 Å². The van der Waals surface area contributed by atoms with Crippen LogP contribution in [0.3, 0.4) is 0 Å². The number of halogens is 2. The molecule has 0 saturated carbocycles. The maximum Gasteiger partial charge on any atom is 0.261 e. The molecule has 126 valence electrons. The van der Waals surface area contributed by atoms with Gasteiger partial charge in [0.25, 0.3) is 5.91 Å². The summed E-state index contributed by atoms with van der Waals surface area (Å²) < 4.78 is 5.64. The Morgan fingerprint density at radius 3 is 2.33 bits per heavy atom. The predicted molar refractivity (Wildman–Crippen MR) is 102 cm³/mol. The standard InChI is InChI=1S/C17H16Cl2N2O2S/c1-10(2)23-14-9-4-3-6-11(14)16(22)21-17(24)20-15-12(18)7-5-8-13(15)19/h3-10H,1-2H3,(H2,20,21,22,24). The van der Waals surface area contributed by atoms with Crippen LogP contribution in [0.2, 0.25) is 10.0 Å². The van der Waals surface area contributed by atoms with E-state index in [4.69, 9.17) is 40.2 Å². The summed E-state index contributed by atoms with van der Waals surface area (Å²) in [6.07, 6.45) is -0.0500. The number of thiocarbonyl (C=S) groups is 1. The molecular weight excluding hydrogens is 367 g/mol. The monoisotopic (exact) mass is 382 g/mol. The molecule has 4 nitrogen and oxygen atoms in total. The highest BCUT2D eigenvalue weighted by molar-refractivity contribution is 7.80. The minimum absolute atomic E-state index is 0.0500. The zero-order chi connectivity index (χ0) is 17.7. The van der Waals surface area contributed by atoms with Crippen LogP contribution in [0.4, 0.5) is 5.69 Å². The molecule has 0 spiro atoms. The van der Waals surface area contributed by atoms with E-state index in [-0.39, 0.29) is 17.1 Å². The molecule has 2 rings (SSSR count). The van der Waals surface area contributed by atoms with Gasteiger partial charge in [-0.3, -0.25) is 10.1 Å². The predicted octanol–water partition coefficient (Wildman–Crippen LogP) is 4.91. The van der Waals surface area contributed by atoms with Gasteiger partial charge in [0.1, 0.15) is 5.75 Å². The largest absolute Gasteiger partial charge is 0.490 e. The number of ether oxygens (including phenoxy) is 1. The Labute approximate surface area is 156 Å². The molecule has 2 N–H and O–H groups in total. The highest BCUT2D eigenvalue weighted by Crippen LogP contribution is 2.29. The second-order valence-corrected chi connectivity index (χ2v) is 6.39. The lowest BCUT2D eigenvalue weighted by Crippen LogP contribution is -2.34. The van der Waals surface area contributed by atoms with Crippen molar-refractivity contribution in [3.8, 4) is 5.75 Å². The van der Waals surface area contributed by atoms with Crippen molar-refractivity contribution >= 4 is 52.1 Å². The molecule has 0 saturated heterocycles. The van der Waals surface area contributed by atoms with Gasteiger partial charge >= 0.3 is 0 Å². The Morgan fingerprint density at radius 1 is 1.08 bits per heavy atom. The molecule has 0 fully saturated rings. The van der Waals surface area contributed by atoms with E-state index < -0.39 is 0 Å². The van der Waals surface area contributed by atoms with Crippen LogP contribution >= 0.6 is 35.4 Å². The fourth-order valence-corrected chi connectivity index (χ4v) is 2.63. The van der Waals surface area contributed by atoms with Gasteiger partial charge in [0, 0.05) is 0 Å². The van der Waals surface area contributed by atoms with E-state index in [1.54, 1.807) is 42.5 Å². The minimum atomic E-state index is -0.382. The second kappa shape index (κ2) is 8.33. The Hall–Kier alpha value is -1.82. The van der Waals surface area contributed by atoms with E-state index in [1.165, 1.54) is 0 Å². The van der Waals surface area contributed by atoms with Crippen LogP contribution in [0.5, 0.6) is 5.75 Å². The molecule has 2 aromatic carbocycles. The average molecular weight is 383 g/mol. The summed E-state index contributed by atoms with van der Waals surface area (Å²) in [6.45, 7) is 3.78. The van der Waals surface area contributed by atoms with E-state index in [0.717, 1.165) is 0 Å². The van der Waals surface area contributed by atoms with Crippen molar-refractivity contribution in [2.24, 2.45) is 0 Å². The normalized spacial score (nSPS) is 10.4. The molecule has 1 amide bonds. The number of para-hydroxylation sites is 2. The van der Waals surface area contributed by atoms with Crippen LogP contribution in [0.15, 0.2) is 42.5 Å². The minimum Gasteiger partial charge on any atom is -0.490 e. The molecule has 2 aromatic rings. The molecule has 24 heavy (non-hydrogen) atoms. The van der Waals surface area contributed by atoms with Crippen molar-refractivity contribution < 1.29 is 9.53 Å². The van der Waals surface area contributed by atoms with Gasteiger partial charge in [0.15, 0.2) is 5.11 Å². The molecule has 0 unspecified atom stereocenters. The first-order valence-electron chi connectivity index (χ1n) is 7.20. The third kappa shape index (κ3) is 4.84. The Bertz CT molecular complexity index is 746. The quantitative estimate of drug-likeness (QED) is 0.737. The number of benzene rings is 2. The lowest BCUT2D eigenvalue weighted by Gasteiger charge is -2.15. The zero-order valence-electron chi connectivity index (χ0n) is 13.1. The number of amides is 1. The first-order chi connectivity index (χ1) is 11.4. The zero-order valence-corrected chi connectivity index (χ0v) is 15.4. The summed E-state index contributed by atoms with van der Waals surface area (Å²) in [6, 6.07) is 12.0. The Morgan fingerprint density at radius 2 is 1.71 bits per heavy atom. The Kier molecular flexibility index (Phi) is 6.43. The van der Waals surface area contributed by atoms with Crippen LogP contribution in [0, 0.1) is 0 Å². The SMILES string of the molecule is CC(C)Oc1ccccc1C(=O)NC(=S)Nc1c(Cl)cccc1Cl. The molecule has 0 aliphatic heterocycles. The number of hydrogen-bond acceptors (Lipinski definition) is 3. The summed E-state index contributed by atoms with van der Waals surface area (Å²) in [5.74, 6) is 0.107. The second-order valence-electron chi connectivity index (χ2n) is 5.17. The van der Waals surface area contributed by atoms with E-state index in [9.17, 15) is 4.79 Å². The van der Waals surface area contributed by atoms with Crippen LogP contribution in [0.25, 0.3) is 0 Å². The van der Waals surface area contributed by atoms with Crippen LogP contribution in [-0.4, -0.2) is 17.1 Å². The summed E-state index contributed by atoms with van der Waals surface area (Å²) >= 11 is 17.3. The molecule has 0 aromatic heterocycles. The van der Waals surface area contributed by atoms with Crippen LogP contribution in [-0.2, 0) is 0 Å².